The molecule has 2 aromatic carbocycles. The van der Waals surface area contributed by atoms with Crippen LogP contribution in [0.2, 0.25) is 15.1 Å². The molecule has 0 unspecified atom stereocenters. The van der Waals surface area contributed by atoms with Crippen LogP contribution in [0.1, 0.15) is 5.56 Å². The van der Waals surface area contributed by atoms with Gasteiger partial charge in [-0.3, -0.25) is 0 Å². The monoisotopic (exact) mass is 348 g/mol. The Morgan fingerprint density at radius 1 is 0.941 bits per heavy atom. The third kappa shape index (κ3) is 2.48. The van der Waals surface area contributed by atoms with Gasteiger partial charge in [0.25, 0.3) is 0 Å². The summed E-state index contributed by atoms with van der Waals surface area (Å²) in [7, 11) is 0. The molecule has 17 heavy (non-hydrogen) atoms. The minimum atomic E-state index is 0.503. The van der Waals surface area contributed by atoms with Gasteiger partial charge in [-0.15, -0.1) is 0 Å². The first-order valence-corrected chi connectivity index (χ1v) is 6.84. The fraction of sp³-hybridized carbons (Fsp3) is 0.0769. The molecular formula is C13H8BrCl3. The fourth-order valence-corrected chi connectivity index (χ4v) is 2.88. The highest BCUT2D eigenvalue weighted by atomic mass is 79.9. The van der Waals surface area contributed by atoms with Gasteiger partial charge in [0.2, 0.25) is 0 Å². The Labute approximate surface area is 124 Å². The molecule has 0 saturated carbocycles. The second-order valence-electron chi connectivity index (χ2n) is 3.65. The average Bonchev–Trinajstić information content (AvgIpc) is 2.29. The molecule has 0 radical (unpaired) electrons. The van der Waals surface area contributed by atoms with Gasteiger partial charge in [0.05, 0.1) is 10.0 Å². The van der Waals surface area contributed by atoms with Crippen molar-refractivity contribution < 1.29 is 0 Å². The highest BCUT2D eigenvalue weighted by Crippen LogP contribution is 2.41. The van der Waals surface area contributed by atoms with E-state index in [1.165, 1.54) is 0 Å². The zero-order valence-corrected chi connectivity index (χ0v) is 12.8. The van der Waals surface area contributed by atoms with Crippen molar-refractivity contribution in [3.05, 3.63) is 55.4 Å². The van der Waals surface area contributed by atoms with Gasteiger partial charge in [0, 0.05) is 20.6 Å². The summed E-state index contributed by atoms with van der Waals surface area (Å²) in [6, 6.07) is 9.53. The Morgan fingerprint density at radius 3 is 2.29 bits per heavy atom. The number of hydrogen-bond donors (Lipinski definition) is 0. The molecule has 2 rings (SSSR count). The fourth-order valence-electron chi connectivity index (χ4n) is 1.69. The maximum absolute atomic E-state index is 6.26. The average molecular weight is 350 g/mol. The maximum atomic E-state index is 6.26. The molecule has 0 bridgehead atoms. The van der Waals surface area contributed by atoms with Gasteiger partial charge >= 0.3 is 0 Å². The number of benzene rings is 2. The van der Waals surface area contributed by atoms with Crippen molar-refractivity contribution in [2.45, 2.75) is 6.92 Å². The molecule has 4 heteroatoms. The van der Waals surface area contributed by atoms with E-state index in [0.29, 0.717) is 15.1 Å². The lowest BCUT2D eigenvalue weighted by Crippen LogP contribution is -1.87. The summed E-state index contributed by atoms with van der Waals surface area (Å²) in [6.07, 6.45) is 0. The van der Waals surface area contributed by atoms with Gasteiger partial charge < -0.3 is 0 Å². The van der Waals surface area contributed by atoms with E-state index in [1.807, 2.05) is 37.3 Å². The zero-order chi connectivity index (χ0) is 12.6. The van der Waals surface area contributed by atoms with Crippen molar-refractivity contribution in [3.63, 3.8) is 0 Å². The molecule has 0 N–H and O–H groups in total. The second-order valence-corrected chi connectivity index (χ2v) is 5.67. The van der Waals surface area contributed by atoms with Gasteiger partial charge in [-0.2, -0.15) is 0 Å². The van der Waals surface area contributed by atoms with E-state index >= 15 is 0 Å². The highest BCUT2D eigenvalue weighted by molar-refractivity contribution is 9.10. The first kappa shape index (κ1) is 13.2. The van der Waals surface area contributed by atoms with E-state index in [-0.39, 0.29) is 0 Å². The Hall–Kier alpha value is -0.210. The summed E-state index contributed by atoms with van der Waals surface area (Å²) in [5.74, 6) is 0. The normalized spacial score (nSPS) is 10.6. The lowest BCUT2D eigenvalue weighted by Gasteiger charge is -2.12. The molecule has 0 aromatic heterocycles. The van der Waals surface area contributed by atoms with Crippen LogP contribution in [0, 0.1) is 6.92 Å². The molecule has 0 amide bonds. The molecule has 0 heterocycles. The summed E-state index contributed by atoms with van der Waals surface area (Å²) >= 11 is 21.9. The Morgan fingerprint density at radius 2 is 1.65 bits per heavy atom. The largest absolute Gasteiger partial charge is 0.0837 e. The number of hydrogen-bond acceptors (Lipinski definition) is 0. The Kier molecular flexibility index (Phi) is 4.04. The molecule has 0 aliphatic heterocycles. The molecule has 0 spiro atoms. The van der Waals surface area contributed by atoms with E-state index in [9.17, 15) is 0 Å². The quantitative estimate of drug-likeness (QED) is 0.523. The summed E-state index contributed by atoms with van der Waals surface area (Å²) in [4.78, 5) is 0. The third-order valence-electron chi connectivity index (χ3n) is 2.53. The van der Waals surface area contributed by atoms with E-state index in [4.69, 9.17) is 34.8 Å². The van der Waals surface area contributed by atoms with Crippen LogP contribution in [-0.4, -0.2) is 0 Å². The lowest BCUT2D eigenvalue weighted by molar-refractivity contribution is 1.45. The lowest BCUT2D eigenvalue weighted by atomic mass is 10.0. The number of aryl methyl sites for hydroxylation is 1. The topological polar surface area (TPSA) is 0 Å². The highest BCUT2D eigenvalue weighted by Gasteiger charge is 2.14. The first-order valence-electron chi connectivity index (χ1n) is 4.91. The molecular weight excluding hydrogens is 342 g/mol. The van der Waals surface area contributed by atoms with Gasteiger partial charge in [-0.25, -0.2) is 0 Å². The van der Waals surface area contributed by atoms with Gasteiger partial charge in [-0.1, -0.05) is 53.0 Å². The standard InChI is InChI=1S/C13H8BrCl3/c1-7-3-2-4-10(15)11(7)8-5-6-9(14)13(17)12(8)16/h2-6H,1H3. The molecule has 88 valence electrons. The molecule has 0 fully saturated rings. The summed E-state index contributed by atoms with van der Waals surface area (Å²) < 4.78 is 0.776. The molecule has 0 aliphatic rings. The zero-order valence-electron chi connectivity index (χ0n) is 8.90. The predicted molar refractivity (Wildman–Crippen MR) is 79.3 cm³/mol. The minimum Gasteiger partial charge on any atom is -0.0837 e. The Bertz CT molecular complexity index is 559. The van der Waals surface area contributed by atoms with Crippen LogP contribution in [0.4, 0.5) is 0 Å². The molecule has 0 aliphatic carbocycles. The van der Waals surface area contributed by atoms with Crippen molar-refractivity contribution >= 4 is 50.7 Å². The predicted octanol–water partition coefficient (Wildman–Crippen LogP) is 6.38. The van der Waals surface area contributed by atoms with Crippen LogP contribution < -0.4 is 0 Å². The number of halogens is 4. The van der Waals surface area contributed by atoms with Crippen molar-refractivity contribution in [1.29, 1.82) is 0 Å². The van der Waals surface area contributed by atoms with Crippen LogP contribution in [0.3, 0.4) is 0 Å². The van der Waals surface area contributed by atoms with Gasteiger partial charge in [-0.05, 0) is 40.5 Å². The molecule has 0 atom stereocenters. The van der Waals surface area contributed by atoms with Crippen LogP contribution in [0.5, 0.6) is 0 Å². The van der Waals surface area contributed by atoms with Crippen LogP contribution in [-0.2, 0) is 0 Å². The summed E-state index contributed by atoms with van der Waals surface area (Å²) in [6.45, 7) is 1.99. The van der Waals surface area contributed by atoms with E-state index in [0.717, 1.165) is 21.2 Å². The van der Waals surface area contributed by atoms with Crippen molar-refractivity contribution in [2.24, 2.45) is 0 Å². The second kappa shape index (κ2) is 5.19. The van der Waals surface area contributed by atoms with Crippen molar-refractivity contribution in [3.8, 4) is 11.1 Å². The van der Waals surface area contributed by atoms with Crippen molar-refractivity contribution in [1.82, 2.24) is 0 Å². The molecule has 2 aromatic rings. The number of rotatable bonds is 1. The third-order valence-corrected chi connectivity index (χ3v) is 4.61. The van der Waals surface area contributed by atoms with Crippen LogP contribution in [0.15, 0.2) is 34.8 Å². The SMILES string of the molecule is Cc1cccc(Cl)c1-c1ccc(Br)c(Cl)c1Cl. The van der Waals surface area contributed by atoms with Crippen LogP contribution >= 0.6 is 50.7 Å². The minimum absolute atomic E-state index is 0.503. The maximum Gasteiger partial charge on any atom is 0.0740 e. The van der Waals surface area contributed by atoms with Crippen LogP contribution in [0.25, 0.3) is 11.1 Å². The summed E-state index contributed by atoms with van der Waals surface area (Å²) in [5.41, 5.74) is 2.84. The van der Waals surface area contributed by atoms with E-state index < -0.39 is 0 Å². The molecule has 0 nitrogen and oxygen atoms in total. The van der Waals surface area contributed by atoms with E-state index in [2.05, 4.69) is 15.9 Å². The first-order chi connectivity index (χ1) is 8.02. The van der Waals surface area contributed by atoms with Gasteiger partial charge in [0.1, 0.15) is 0 Å². The smallest absolute Gasteiger partial charge is 0.0740 e. The van der Waals surface area contributed by atoms with Crippen molar-refractivity contribution in [2.75, 3.05) is 0 Å². The Balaban J connectivity index is 2.74. The van der Waals surface area contributed by atoms with Gasteiger partial charge in [0.15, 0.2) is 0 Å². The molecule has 0 saturated heterocycles. The summed E-state index contributed by atoms with van der Waals surface area (Å²) in [5, 5.41) is 1.69. The van der Waals surface area contributed by atoms with E-state index in [1.54, 1.807) is 0 Å².